The van der Waals surface area contributed by atoms with Crippen molar-refractivity contribution in [2.24, 2.45) is 0 Å². The van der Waals surface area contributed by atoms with Crippen LogP contribution < -0.4 is 0 Å². The normalized spacial score (nSPS) is 11.0. The monoisotopic (exact) mass is 284 g/mol. The second-order valence-electron chi connectivity index (χ2n) is 3.92. The number of thiazole rings is 1. The number of hydrogen-bond donors (Lipinski definition) is 1. The summed E-state index contributed by atoms with van der Waals surface area (Å²) in [5, 5.41) is 10.0. The molecule has 0 amide bonds. The summed E-state index contributed by atoms with van der Waals surface area (Å²) in [6.45, 7) is 3.56. The molecule has 0 atom stereocenters. The van der Waals surface area contributed by atoms with Gasteiger partial charge in [0, 0.05) is 19.0 Å². The van der Waals surface area contributed by atoms with Crippen molar-refractivity contribution >= 4 is 23.6 Å². The number of nitrogens with one attached hydrogen (secondary N) is 1. The summed E-state index contributed by atoms with van der Waals surface area (Å²) in [5.41, 5.74) is 0.857. The van der Waals surface area contributed by atoms with E-state index in [1.54, 1.807) is 18.4 Å². The highest BCUT2D eigenvalue weighted by Gasteiger charge is 2.12. The van der Waals surface area contributed by atoms with Crippen LogP contribution in [0.1, 0.15) is 24.8 Å². The zero-order valence-electron chi connectivity index (χ0n) is 10.5. The molecule has 1 N–H and O–H groups in total. The van der Waals surface area contributed by atoms with Crippen LogP contribution in [-0.2, 0) is 17.9 Å². The van der Waals surface area contributed by atoms with E-state index >= 15 is 0 Å². The fraction of sp³-hybridized carbons (Fsp3) is 0.545. The summed E-state index contributed by atoms with van der Waals surface area (Å²) in [7, 11) is 1.67. The number of aromatic nitrogens is 4. The zero-order chi connectivity index (χ0) is 13.0. The van der Waals surface area contributed by atoms with Crippen LogP contribution >= 0.6 is 23.6 Å². The molecule has 0 aliphatic carbocycles. The van der Waals surface area contributed by atoms with Gasteiger partial charge in [-0.1, -0.05) is 13.3 Å². The van der Waals surface area contributed by atoms with Crippen LogP contribution in [-0.4, -0.2) is 26.9 Å². The van der Waals surface area contributed by atoms with E-state index < -0.39 is 0 Å². The molecule has 18 heavy (non-hydrogen) atoms. The van der Waals surface area contributed by atoms with Crippen molar-refractivity contribution in [2.45, 2.75) is 32.9 Å². The minimum atomic E-state index is 0.533. The molecule has 0 aliphatic rings. The predicted molar refractivity (Wildman–Crippen MR) is 74.1 cm³/mol. The Morgan fingerprint density at radius 3 is 3.11 bits per heavy atom. The number of H-pyrrole nitrogens is 1. The summed E-state index contributed by atoms with van der Waals surface area (Å²) >= 11 is 6.81. The SMILES string of the molecule is CCCCn1c(-c2csc(COC)n2)n[nH]c1=S. The topological polar surface area (TPSA) is 55.7 Å². The van der Waals surface area contributed by atoms with Gasteiger partial charge in [-0.3, -0.25) is 9.67 Å². The third-order valence-electron chi connectivity index (χ3n) is 2.54. The van der Waals surface area contributed by atoms with Gasteiger partial charge < -0.3 is 4.74 Å². The van der Waals surface area contributed by atoms with Gasteiger partial charge in [-0.05, 0) is 18.6 Å². The van der Waals surface area contributed by atoms with Gasteiger partial charge in [0.1, 0.15) is 10.7 Å². The van der Waals surface area contributed by atoms with Crippen molar-refractivity contribution in [3.63, 3.8) is 0 Å². The molecule has 7 heteroatoms. The Kier molecular flexibility index (Phi) is 4.62. The Morgan fingerprint density at radius 2 is 2.39 bits per heavy atom. The van der Waals surface area contributed by atoms with E-state index in [0.717, 1.165) is 35.9 Å². The van der Waals surface area contributed by atoms with Crippen LogP contribution in [0.15, 0.2) is 5.38 Å². The van der Waals surface area contributed by atoms with E-state index in [9.17, 15) is 0 Å². The number of methoxy groups -OCH3 is 1. The number of rotatable bonds is 6. The molecular formula is C11H16N4OS2. The first-order valence-corrected chi connectivity index (χ1v) is 7.14. The molecule has 2 aromatic heterocycles. The second kappa shape index (κ2) is 6.21. The Bertz CT molecular complexity index is 557. The minimum Gasteiger partial charge on any atom is -0.378 e. The highest BCUT2D eigenvalue weighted by molar-refractivity contribution is 7.71. The Balaban J connectivity index is 2.28. The number of unbranched alkanes of at least 4 members (excludes halogenated alkanes) is 1. The van der Waals surface area contributed by atoms with E-state index in [1.807, 2.05) is 9.95 Å². The predicted octanol–water partition coefficient (Wildman–Crippen LogP) is 3.01. The molecule has 0 fully saturated rings. The molecule has 2 rings (SSSR count). The largest absolute Gasteiger partial charge is 0.378 e. The lowest BCUT2D eigenvalue weighted by Crippen LogP contribution is -2.01. The van der Waals surface area contributed by atoms with E-state index in [0.29, 0.717) is 11.4 Å². The van der Waals surface area contributed by atoms with Crippen LogP contribution in [0.3, 0.4) is 0 Å². The first kappa shape index (κ1) is 13.4. The van der Waals surface area contributed by atoms with Crippen LogP contribution in [0, 0.1) is 4.77 Å². The van der Waals surface area contributed by atoms with Crippen molar-refractivity contribution in [3.8, 4) is 11.5 Å². The summed E-state index contributed by atoms with van der Waals surface area (Å²) < 4.78 is 7.73. The van der Waals surface area contributed by atoms with Gasteiger partial charge in [0.15, 0.2) is 10.6 Å². The van der Waals surface area contributed by atoms with E-state index in [2.05, 4.69) is 22.1 Å². The van der Waals surface area contributed by atoms with Gasteiger partial charge in [0.25, 0.3) is 0 Å². The minimum absolute atomic E-state index is 0.533. The van der Waals surface area contributed by atoms with E-state index in [1.165, 1.54) is 0 Å². The number of nitrogens with zero attached hydrogens (tertiary/aromatic N) is 3. The summed E-state index contributed by atoms with van der Waals surface area (Å²) in [5.74, 6) is 0.812. The van der Waals surface area contributed by atoms with Gasteiger partial charge in [0.05, 0.1) is 6.61 Å². The number of aromatic amines is 1. The summed E-state index contributed by atoms with van der Waals surface area (Å²) in [6, 6.07) is 0. The maximum Gasteiger partial charge on any atom is 0.195 e. The molecular weight excluding hydrogens is 268 g/mol. The van der Waals surface area contributed by atoms with Gasteiger partial charge in [-0.15, -0.1) is 11.3 Å². The van der Waals surface area contributed by atoms with Gasteiger partial charge in [-0.2, -0.15) is 5.10 Å². The van der Waals surface area contributed by atoms with E-state index in [-0.39, 0.29) is 0 Å². The molecule has 98 valence electrons. The maximum atomic E-state index is 5.24. The third-order valence-corrected chi connectivity index (χ3v) is 3.68. The molecule has 0 saturated heterocycles. The van der Waals surface area contributed by atoms with Gasteiger partial charge in [0.2, 0.25) is 0 Å². The van der Waals surface area contributed by atoms with Crippen molar-refractivity contribution < 1.29 is 4.74 Å². The van der Waals surface area contributed by atoms with Crippen molar-refractivity contribution in [2.75, 3.05) is 7.11 Å². The molecule has 2 aromatic rings. The molecule has 0 aromatic carbocycles. The molecule has 0 aliphatic heterocycles. The molecule has 0 spiro atoms. The standard InChI is InChI=1S/C11H16N4OS2/c1-3-4-5-15-10(13-14-11(15)17)8-7-18-9(12-8)6-16-2/h7H,3-6H2,1-2H3,(H,14,17). The summed E-state index contributed by atoms with van der Waals surface area (Å²) in [6.07, 6.45) is 2.20. The van der Waals surface area contributed by atoms with E-state index in [4.69, 9.17) is 17.0 Å². The highest BCUT2D eigenvalue weighted by Crippen LogP contribution is 2.21. The molecule has 0 bridgehead atoms. The average Bonchev–Trinajstić information content (AvgIpc) is 2.94. The molecule has 5 nitrogen and oxygen atoms in total. The van der Waals surface area contributed by atoms with Gasteiger partial charge in [-0.25, -0.2) is 4.98 Å². The van der Waals surface area contributed by atoms with Crippen LogP contribution in [0.5, 0.6) is 0 Å². The number of hydrogen-bond acceptors (Lipinski definition) is 5. The number of ether oxygens (including phenoxy) is 1. The van der Waals surface area contributed by atoms with Crippen LogP contribution in [0.25, 0.3) is 11.5 Å². The summed E-state index contributed by atoms with van der Waals surface area (Å²) in [4.78, 5) is 4.50. The quantitative estimate of drug-likeness (QED) is 0.828. The Labute approximate surface area is 115 Å². The fourth-order valence-corrected chi connectivity index (χ4v) is 2.61. The van der Waals surface area contributed by atoms with Crippen LogP contribution in [0.4, 0.5) is 0 Å². The lowest BCUT2D eigenvalue weighted by Gasteiger charge is -2.03. The fourth-order valence-electron chi connectivity index (χ4n) is 1.64. The van der Waals surface area contributed by atoms with Crippen molar-refractivity contribution in [3.05, 3.63) is 15.2 Å². The van der Waals surface area contributed by atoms with Crippen molar-refractivity contribution in [1.82, 2.24) is 19.7 Å². The molecule has 0 saturated carbocycles. The molecule has 0 unspecified atom stereocenters. The lowest BCUT2D eigenvalue weighted by molar-refractivity contribution is 0.184. The maximum absolute atomic E-state index is 5.24. The third kappa shape index (κ3) is 2.85. The molecule has 0 radical (unpaired) electrons. The first-order valence-electron chi connectivity index (χ1n) is 5.85. The lowest BCUT2D eigenvalue weighted by atomic mass is 10.3. The second-order valence-corrected chi connectivity index (χ2v) is 5.25. The highest BCUT2D eigenvalue weighted by atomic mass is 32.1. The van der Waals surface area contributed by atoms with Gasteiger partial charge >= 0.3 is 0 Å². The van der Waals surface area contributed by atoms with Crippen molar-refractivity contribution in [1.29, 1.82) is 0 Å². The van der Waals surface area contributed by atoms with Crippen LogP contribution in [0.2, 0.25) is 0 Å². The smallest absolute Gasteiger partial charge is 0.195 e. The first-order chi connectivity index (χ1) is 8.76. The average molecular weight is 284 g/mol. The Hall–Kier alpha value is -1.05. The molecule has 2 heterocycles. The Morgan fingerprint density at radius 1 is 1.56 bits per heavy atom. The zero-order valence-corrected chi connectivity index (χ0v) is 12.1.